The normalized spacial score (nSPS) is 11.3. The molecule has 0 aliphatic heterocycles. The molecular formula is C22H15F4N5O2. The van der Waals surface area contributed by atoms with Crippen LogP contribution in [0.15, 0.2) is 67.1 Å². The van der Waals surface area contributed by atoms with Gasteiger partial charge in [-0.05, 0) is 48.5 Å². The number of nitrogens with one attached hydrogen (secondary N) is 1. The van der Waals surface area contributed by atoms with Gasteiger partial charge in [0.2, 0.25) is 0 Å². The number of anilines is 1. The summed E-state index contributed by atoms with van der Waals surface area (Å²) in [5.74, 6) is -1.31. The van der Waals surface area contributed by atoms with Crippen LogP contribution in [0, 0.1) is 5.82 Å². The van der Waals surface area contributed by atoms with Gasteiger partial charge >= 0.3 is 6.18 Å². The van der Waals surface area contributed by atoms with Crippen molar-refractivity contribution in [1.82, 2.24) is 19.7 Å². The molecule has 0 radical (unpaired) electrons. The number of hydrogen-bond donors (Lipinski definition) is 1. The first kappa shape index (κ1) is 21.9. The first-order valence-electron chi connectivity index (χ1n) is 9.45. The van der Waals surface area contributed by atoms with Crippen molar-refractivity contribution in [2.24, 2.45) is 0 Å². The lowest BCUT2D eigenvalue weighted by Gasteiger charge is -2.11. The number of halogens is 4. The minimum absolute atomic E-state index is 0.0145. The molecule has 1 aromatic carbocycles. The Morgan fingerprint density at radius 1 is 1.09 bits per heavy atom. The van der Waals surface area contributed by atoms with Crippen molar-refractivity contribution < 1.29 is 27.1 Å². The fourth-order valence-corrected chi connectivity index (χ4v) is 3.02. The highest BCUT2D eigenvalue weighted by Gasteiger charge is 2.36. The summed E-state index contributed by atoms with van der Waals surface area (Å²) in [6.45, 7) is 0. The molecule has 0 unspecified atom stereocenters. The molecule has 0 saturated heterocycles. The second-order valence-electron chi connectivity index (χ2n) is 6.77. The lowest BCUT2D eigenvalue weighted by Crippen LogP contribution is -2.15. The van der Waals surface area contributed by atoms with Gasteiger partial charge in [0, 0.05) is 23.5 Å². The summed E-state index contributed by atoms with van der Waals surface area (Å²) in [5.41, 5.74) is -0.425. The van der Waals surface area contributed by atoms with Gasteiger partial charge in [-0.25, -0.2) is 14.1 Å². The molecule has 3 heterocycles. The van der Waals surface area contributed by atoms with Crippen LogP contribution in [0.2, 0.25) is 0 Å². The molecule has 33 heavy (non-hydrogen) atoms. The number of nitrogens with zero attached hydrogens (tertiary/aromatic N) is 4. The molecule has 11 heteroatoms. The lowest BCUT2D eigenvalue weighted by atomic mass is 10.2. The van der Waals surface area contributed by atoms with Crippen molar-refractivity contribution in [3.63, 3.8) is 0 Å². The topological polar surface area (TPSA) is 81.9 Å². The van der Waals surface area contributed by atoms with Crippen LogP contribution < -0.4 is 10.1 Å². The van der Waals surface area contributed by atoms with Gasteiger partial charge in [-0.3, -0.25) is 9.78 Å². The van der Waals surface area contributed by atoms with E-state index in [2.05, 4.69) is 20.4 Å². The van der Waals surface area contributed by atoms with Gasteiger partial charge in [0.05, 0.1) is 24.7 Å². The lowest BCUT2D eigenvalue weighted by molar-refractivity contribution is -0.142. The van der Waals surface area contributed by atoms with Gasteiger partial charge in [0.15, 0.2) is 11.6 Å². The standard InChI is InChI=1S/C22H15F4N5O2/c1-33-18-6-4-13(9-16(18)23)21(32)29-20-7-5-15(12-28-20)31-19(22(24,25)26)10-17(30-31)14-3-2-8-27-11-14/h2-12H,1H3,(H,28,29,32). The summed E-state index contributed by atoms with van der Waals surface area (Å²) < 4.78 is 60.1. The molecule has 0 spiro atoms. The van der Waals surface area contributed by atoms with E-state index in [4.69, 9.17) is 4.74 Å². The van der Waals surface area contributed by atoms with E-state index in [0.717, 1.165) is 23.0 Å². The van der Waals surface area contributed by atoms with Crippen LogP contribution >= 0.6 is 0 Å². The minimum atomic E-state index is -4.67. The van der Waals surface area contributed by atoms with Crippen LogP contribution in [0.25, 0.3) is 16.9 Å². The maximum absolute atomic E-state index is 13.8. The Hall–Kier alpha value is -4.28. The highest BCUT2D eigenvalue weighted by molar-refractivity contribution is 6.03. The molecule has 0 saturated carbocycles. The third-order valence-electron chi connectivity index (χ3n) is 4.61. The van der Waals surface area contributed by atoms with E-state index in [1.54, 1.807) is 12.1 Å². The Kier molecular flexibility index (Phi) is 5.78. The van der Waals surface area contributed by atoms with Crippen molar-refractivity contribution in [1.29, 1.82) is 0 Å². The zero-order chi connectivity index (χ0) is 23.6. The first-order valence-corrected chi connectivity index (χ1v) is 9.45. The van der Waals surface area contributed by atoms with Crippen molar-refractivity contribution >= 4 is 11.7 Å². The van der Waals surface area contributed by atoms with Crippen LogP contribution in [-0.2, 0) is 6.18 Å². The van der Waals surface area contributed by atoms with E-state index in [-0.39, 0.29) is 28.5 Å². The second-order valence-corrected chi connectivity index (χ2v) is 6.77. The fraction of sp³-hybridized carbons (Fsp3) is 0.0909. The number of methoxy groups -OCH3 is 1. The minimum Gasteiger partial charge on any atom is -0.494 e. The number of rotatable bonds is 5. The molecular weight excluding hydrogens is 442 g/mol. The number of carbonyl (C=O) groups is 1. The SMILES string of the molecule is COc1ccc(C(=O)Nc2ccc(-n3nc(-c4cccnc4)cc3C(F)(F)F)cn2)cc1F. The number of hydrogen-bond acceptors (Lipinski definition) is 5. The van der Waals surface area contributed by atoms with E-state index in [1.165, 1.54) is 43.8 Å². The molecule has 0 atom stereocenters. The molecule has 168 valence electrons. The third kappa shape index (κ3) is 4.66. The van der Waals surface area contributed by atoms with Crippen molar-refractivity contribution in [2.45, 2.75) is 6.18 Å². The number of benzene rings is 1. The number of pyridine rings is 2. The second kappa shape index (κ2) is 8.69. The molecule has 4 rings (SSSR count). The monoisotopic (exact) mass is 457 g/mol. The largest absolute Gasteiger partial charge is 0.494 e. The van der Waals surface area contributed by atoms with Crippen LogP contribution in [0.1, 0.15) is 16.1 Å². The summed E-state index contributed by atoms with van der Waals surface area (Å²) in [6, 6.07) is 10.4. The van der Waals surface area contributed by atoms with Gasteiger partial charge in [-0.2, -0.15) is 18.3 Å². The number of ether oxygens (including phenoxy) is 1. The average molecular weight is 457 g/mol. The highest BCUT2D eigenvalue weighted by atomic mass is 19.4. The molecule has 1 N–H and O–H groups in total. The van der Waals surface area contributed by atoms with Crippen LogP contribution in [-0.4, -0.2) is 32.8 Å². The highest BCUT2D eigenvalue weighted by Crippen LogP contribution is 2.34. The zero-order valence-corrected chi connectivity index (χ0v) is 17.0. The molecule has 3 aromatic heterocycles. The molecule has 0 aliphatic rings. The van der Waals surface area contributed by atoms with E-state index in [9.17, 15) is 22.4 Å². The quantitative estimate of drug-likeness (QED) is 0.438. The van der Waals surface area contributed by atoms with E-state index < -0.39 is 23.6 Å². The van der Waals surface area contributed by atoms with Crippen LogP contribution in [0.3, 0.4) is 0 Å². The van der Waals surface area contributed by atoms with E-state index >= 15 is 0 Å². The average Bonchev–Trinajstić information content (AvgIpc) is 3.26. The third-order valence-corrected chi connectivity index (χ3v) is 4.61. The van der Waals surface area contributed by atoms with Crippen molar-refractivity contribution in [3.8, 4) is 22.7 Å². The number of carbonyl (C=O) groups excluding carboxylic acids is 1. The summed E-state index contributed by atoms with van der Waals surface area (Å²) in [6.07, 6.45) is -0.619. The zero-order valence-electron chi connectivity index (χ0n) is 17.0. The Labute approximate surface area is 184 Å². The Balaban J connectivity index is 1.60. The van der Waals surface area contributed by atoms with Crippen LogP contribution in [0.5, 0.6) is 5.75 Å². The Morgan fingerprint density at radius 3 is 2.52 bits per heavy atom. The molecule has 4 aromatic rings. The smallest absolute Gasteiger partial charge is 0.433 e. The molecule has 0 aliphatic carbocycles. The molecule has 7 nitrogen and oxygen atoms in total. The van der Waals surface area contributed by atoms with Gasteiger partial charge in [-0.15, -0.1) is 0 Å². The first-order chi connectivity index (χ1) is 15.8. The van der Waals surface area contributed by atoms with Gasteiger partial charge in [0.25, 0.3) is 5.91 Å². The van der Waals surface area contributed by atoms with Crippen LogP contribution in [0.4, 0.5) is 23.4 Å². The molecule has 1 amide bonds. The molecule has 0 bridgehead atoms. The van der Waals surface area contributed by atoms with E-state index in [0.29, 0.717) is 5.56 Å². The maximum Gasteiger partial charge on any atom is 0.433 e. The van der Waals surface area contributed by atoms with Gasteiger partial charge < -0.3 is 10.1 Å². The van der Waals surface area contributed by atoms with Gasteiger partial charge in [-0.1, -0.05) is 0 Å². The van der Waals surface area contributed by atoms with Crippen molar-refractivity contribution in [3.05, 3.63) is 84.2 Å². The predicted molar refractivity (Wildman–Crippen MR) is 110 cm³/mol. The number of alkyl halides is 3. The fourth-order valence-electron chi connectivity index (χ4n) is 3.02. The van der Waals surface area contributed by atoms with Gasteiger partial charge in [0.1, 0.15) is 11.5 Å². The summed E-state index contributed by atoms with van der Waals surface area (Å²) in [5, 5.41) is 6.52. The predicted octanol–water partition coefficient (Wildman–Crippen LogP) is 4.75. The van der Waals surface area contributed by atoms with Crippen molar-refractivity contribution in [2.75, 3.05) is 12.4 Å². The summed E-state index contributed by atoms with van der Waals surface area (Å²) in [4.78, 5) is 20.2. The van der Waals surface area contributed by atoms with E-state index in [1.807, 2.05) is 0 Å². The number of amides is 1. The summed E-state index contributed by atoms with van der Waals surface area (Å²) in [7, 11) is 1.30. The molecule has 0 fully saturated rings. The Bertz CT molecular complexity index is 1290. The maximum atomic E-state index is 13.8. The Morgan fingerprint density at radius 2 is 1.91 bits per heavy atom. The number of aromatic nitrogens is 4. The summed E-state index contributed by atoms with van der Waals surface area (Å²) >= 11 is 0.